The van der Waals surface area contributed by atoms with E-state index in [9.17, 15) is 4.39 Å². The van der Waals surface area contributed by atoms with Crippen LogP contribution < -0.4 is 10.5 Å². The molecule has 3 nitrogen and oxygen atoms in total. The number of piperidine rings is 1. The average molecular weight is 280 g/mol. The van der Waals surface area contributed by atoms with E-state index >= 15 is 0 Å². The SMILES string of the molecule is Cc1cc(OCCN2CCCCC2)c([C@H](C)N)cc1F. The number of ether oxygens (including phenoxy) is 1. The zero-order valence-electron chi connectivity index (χ0n) is 12.5. The molecule has 0 unspecified atom stereocenters. The van der Waals surface area contributed by atoms with Gasteiger partial charge in [0.1, 0.15) is 18.2 Å². The van der Waals surface area contributed by atoms with E-state index in [-0.39, 0.29) is 11.9 Å². The van der Waals surface area contributed by atoms with Crippen LogP contribution in [0.4, 0.5) is 4.39 Å². The van der Waals surface area contributed by atoms with Gasteiger partial charge in [-0.1, -0.05) is 6.42 Å². The fourth-order valence-electron chi connectivity index (χ4n) is 2.62. The van der Waals surface area contributed by atoms with Crippen molar-refractivity contribution in [1.82, 2.24) is 4.90 Å². The molecule has 0 amide bonds. The van der Waals surface area contributed by atoms with Gasteiger partial charge in [-0.15, -0.1) is 0 Å². The Morgan fingerprint density at radius 2 is 2.00 bits per heavy atom. The Kier molecular flexibility index (Phi) is 5.38. The highest BCUT2D eigenvalue weighted by atomic mass is 19.1. The third-order valence-corrected chi connectivity index (χ3v) is 3.90. The van der Waals surface area contributed by atoms with Crippen molar-refractivity contribution in [2.75, 3.05) is 26.2 Å². The standard InChI is InChI=1S/C16H25FN2O/c1-12-10-16(14(13(2)18)11-15(12)17)20-9-8-19-6-4-3-5-7-19/h10-11,13H,3-9,18H2,1-2H3/t13-/m0/s1. The van der Waals surface area contributed by atoms with E-state index < -0.39 is 0 Å². The van der Waals surface area contributed by atoms with E-state index in [0.29, 0.717) is 12.2 Å². The van der Waals surface area contributed by atoms with Gasteiger partial charge in [-0.3, -0.25) is 4.90 Å². The lowest BCUT2D eigenvalue weighted by Crippen LogP contribution is -2.33. The third kappa shape index (κ3) is 3.93. The van der Waals surface area contributed by atoms with Crippen LogP contribution in [0, 0.1) is 12.7 Å². The summed E-state index contributed by atoms with van der Waals surface area (Å²) in [5, 5.41) is 0. The predicted octanol–water partition coefficient (Wildman–Crippen LogP) is 3.02. The lowest BCUT2D eigenvalue weighted by atomic mass is 10.1. The molecule has 0 spiro atoms. The number of nitrogens with zero attached hydrogens (tertiary/aromatic N) is 1. The minimum Gasteiger partial charge on any atom is -0.492 e. The largest absolute Gasteiger partial charge is 0.492 e. The number of rotatable bonds is 5. The lowest BCUT2D eigenvalue weighted by molar-refractivity contribution is 0.182. The van der Waals surface area contributed by atoms with Gasteiger partial charge in [-0.25, -0.2) is 4.39 Å². The third-order valence-electron chi connectivity index (χ3n) is 3.90. The molecule has 0 saturated carbocycles. The number of likely N-dealkylation sites (tertiary alicyclic amines) is 1. The summed E-state index contributed by atoms with van der Waals surface area (Å²) in [5.41, 5.74) is 7.23. The Bertz CT molecular complexity index is 442. The zero-order chi connectivity index (χ0) is 14.5. The van der Waals surface area contributed by atoms with Crippen molar-refractivity contribution in [2.24, 2.45) is 5.73 Å². The van der Waals surface area contributed by atoms with Gasteiger partial charge in [0.25, 0.3) is 0 Å². The predicted molar refractivity (Wildman–Crippen MR) is 79.5 cm³/mol. The van der Waals surface area contributed by atoms with E-state index in [1.54, 1.807) is 13.0 Å². The smallest absolute Gasteiger partial charge is 0.126 e. The Labute approximate surface area is 120 Å². The molecule has 0 radical (unpaired) electrons. The molecule has 1 aromatic carbocycles. The van der Waals surface area contributed by atoms with Crippen molar-refractivity contribution in [3.05, 3.63) is 29.1 Å². The van der Waals surface area contributed by atoms with Crippen LogP contribution in [0.2, 0.25) is 0 Å². The first-order chi connectivity index (χ1) is 9.58. The number of aryl methyl sites for hydroxylation is 1. The summed E-state index contributed by atoms with van der Waals surface area (Å²) >= 11 is 0. The molecular formula is C16H25FN2O. The Morgan fingerprint density at radius 1 is 1.30 bits per heavy atom. The lowest BCUT2D eigenvalue weighted by Gasteiger charge is -2.26. The molecule has 1 fully saturated rings. The summed E-state index contributed by atoms with van der Waals surface area (Å²) in [5.74, 6) is 0.497. The molecule has 2 rings (SSSR count). The highest BCUT2D eigenvalue weighted by molar-refractivity contribution is 5.39. The fourth-order valence-corrected chi connectivity index (χ4v) is 2.62. The van der Waals surface area contributed by atoms with Crippen LogP contribution in [0.15, 0.2) is 12.1 Å². The summed E-state index contributed by atoms with van der Waals surface area (Å²) in [6.45, 7) is 7.47. The van der Waals surface area contributed by atoms with Crippen molar-refractivity contribution in [1.29, 1.82) is 0 Å². The topological polar surface area (TPSA) is 38.5 Å². The minimum absolute atomic E-state index is 0.222. The molecule has 0 aromatic heterocycles. The number of hydrogen-bond acceptors (Lipinski definition) is 3. The molecule has 4 heteroatoms. The zero-order valence-corrected chi connectivity index (χ0v) is 12.5. The maximum Gasteiger partial charge on any atom is 0.126 e. The van der Waals surface area contributed by atoms with Crippen molar-refractivity contribution in [2.45, 2.75) is 39.2 Å². The quantitative estimate of drug-likeness (QED) is 0.901. The molecule has 1 aliphatic heterocycles. The van der Waals surface area contributed by atoms with Gasteiger partial charge in [0.15, 0.2) is 0 Å². The first kappa shape index (κ1) is 15.3. The molecule has 0 aliphatic carbocycles. The van der Waals surface area contributed by atoms with Crippen LogP contribution in [-0.2, 0) is 0 Å². The maximum atomic E-state index is 13.6. The van der Waals surface area contributed by atoms with Gasteiger partial charge in [-0.05, 0) is 57.5 Å². The summed E-state index contributed by atoms with van der Waals surface area (Å²) in [7, 11) is 0. The fraction of sp³-hybridized carbons (Fsp3) is 0.625. The first-order valence-corrected chi connectivity index (χ1v) is 7.48. The number of hydrogen-bond donors (Lipinski definition) is 1. The van der Waals surface area contributed by atoms with Crippen molar-refractivity contribution in [3.63, 3.8) is 0 Å². The molecular weight excluding hydrogens is 255 g/mol. The second-order valence-corrected chi connectivity index (χ2v) is 5.68. The molecule has 2 N–H and O–H groups in total. The average Bonchev–Trinajstić information content (AvgIpc) is 2.43. The molecule has 112 valence electrons. The number of halogens is 1. The van der Waals surface area contributed by atoms with Crippen LogP contribution in [-0.4, -0.2) is 31.1 Å². The number of benzene rings is 1. The molecule has 20 heavy (non-hydrogen) atoms. The minimum atomic E-state index is -0.227. The Hall–Kier alpha value is -1.13. The highest BCUT2D eigenvalue weighted by Crippen LogP contribution is 2.27. The molecule has 1 aromatic rings. The van der Waals surface area contributed by atoms with E-state index in [0.717, 1.165) is 30.9 Å². The van der Waals surface area contributed by atoms with Crippen LogP contribution >= 0.6 is 0 Å². The summed E-state index contributed by atoms with van der Waals surface area (Å²) in [4.78, 5) is 2.42. The van der Waals surface area contributed by atoms with Gasteiger partial charge < -0.3 is 10.5 Å². The van der Waals surface area contributed by atoms with Gasteiger partial charge in [0, 0.05) is 18.2 Å². The molecule has 1 aliphatic rings. The second kappa shape index (κ2) is 7.04. The highest BCUT2D eigenvalue weighted by Gasteiger charge is 2.13. The van der Waals surface area contributed by atoms with Gasteiger partial charge in [0.05, 0.1) is 0 Å². The maximum absolute atomic E-state index is 13.6. The van der Waals surface area contributed by atoms with E-state index in [1.807, 2.05) is 6.92 Å². The van der Waals surface area contributed by atoms with E-state index in [2.05, 4.69) is 4.90 Å². The van der Waals surface area contributed by atoms with Gasteiger partial charge in [-0.2, -0.15) is 0 Å². The van der Waals surface area contributed by atoms with Gasteiger partial charge >= 0.3 is 0 Å². The molecule has 0 bridgehead atoms. The van der Waals surface area contributed by atoms with E-state index in [1.165, 1.54) is 25.3 Å². The van der Waals surface area contributed by atoms with Crippen LogP contribution in [0.25, 0.3) is 0 Å². The van der Waals surface area contributed by atoms with E-state index in [4.69, 9.17) is 10.5 Å². The van der Waals surface area contributed by atoms with Crippen LogP contribution in [0.1, 0.15) is 43.4 Å². The summed E-state index contributed by atoms with van der Waals surface area (Å²) in [6, 6.07) is 3.02. The second-order valence-electron chi connectivity index (χ2n) is 5.68. The molecule has 1 heterocycles. The first-order valence-electron chi connectivity index (χ1n) is 7.48. The van der Waals surface area contributed by atoms with Crippen LogP contribution in [0.3, 0.4) is 0 Å². The summed E-state index contributed by atoms with van der Waals surface area (Å²) < 4.78 is 19.5. The monoisotopic (exact) mass is 280 g/mol. The van der Waals surface area contributed by atoms with Crippen molar-refractivity contribution >= 4 is 0 Å². The number of nitrogens with two attached hydrogens (primary N) is 1. The van der Waals surface area contributed by atoms with Crippen molar-refractivity contribution < 1.29 is 9.13 Å². The Morgan fingerprint density at radius 3 is 2.65 bits per heavy atom. The summed E-state index contributed by atoms with van der Waals surface area (Å²) in [6.07, 6.45) is 3.89. The van der Waals surface area contributed by atoms with Crippen molar-refractivity contribution in [3.8, 4) is 5.75 Å². The normalized spacial score (nSPS) is 18.0. The molecule has 1 saturated heterocycles. The molecule has 1 atom stereocenters. The Balaban J connectivity index is 1.95. The van der Waals surface area contributed by atoms with Crippen LogP contribution in [0.5, 0.6) is 5.75 Å². The van der Waals surface area contributed by atoms with Gasteiger partial charge in [0.2, 0.25) is 0 Å².